The van der Waals surface area contributed by atoms with E-state index in [1.807, 2.05) is 0 Å². The fourth-order valence-electron chi connectivity index (χ4n) is 1.40. The Balaban J connectivity index is 3.41. The Bertz CT molecular complexity index is 533. The SMILES string of the molecule is CCOC(=O)c1cc(C#N)c([N+](=O)[O-])cc1CO. The van der Waals surface area contributed by atoms with Crippen LogP contribution < -0.4 is 0 Å². The fraction of sp³-hybridized carbons (Fsp3) is 0.273. The van der Waals surface area contributed by atoms with Crippen LogP contribution in [0.5, 0.6) is 0 Å². The smallest absolute Gasteiger partial charge is 0.338 e. The molecule has 94 valence electrons. The van der Waals surface area contributed by atoms with Crippen molar-refractivity contribution in [3.05, 3.63) is 38.9 Å². The van der Waals surface area contributed by atoms with Gasteiger partial charge in [-0.15, -0.1) is 0 Å². The first-order valence-electron chi connectivity index (χ1n) is 5.04. The molecule has 0 spiro atoms. The van der Waals surface area contributed by atoms with Crippen molar-refractivity contribution in [3.8, 4) is 6.07 Å². The largest absolute Gasteiger partial charge is 0.462 e. The number of carbonyl (C=O) groups excluding carboxylic acids is 1. The standard InChI is InChI=1S/C11H10N2O5/c1-2-18-11(15)9-3-7(5-12)10(13(16)17)4-8(9)6-14/h3-4,14H,2,6H2,1H3. The number of nitriles is 1. The number of hydrogen-bond donors (Lipinski definition) is 1. The molecule has 0 fully saturated rings. The maximum Gasteiger partial charge on any atom is 0.338 e. The molecule has 1 aromatic rings. The molecular weight excluding hydrogens is 240 g/mol. The predicted molar refractivity (Wildman–Crippen MR) is 59.7 cm³/mol. The molecule has 0 aliphatic rings. The third-order valence-corrected chi connectivity index (χ3v) is 2.20. The van der Waals surface area contributed by atoms with Crippen molar-refractivity contribution in [1.29, 1.82) is 5.26 Å². The Hall–Kier alpha value is -2.46. The van der Waals surface area contributed by atoms with E-state index in [4.69, 9.17) is 15.1 Å². The lowest BCUT2D eigenvalue weighted by atomic mass is 10.0. The van der Waals surface area contributed by atoms with E-state index in [2.05, 4.69) is 0 Å². The van der Waals surface area contributed by atoms with Gasteiger partial charge in [0.1, 0.15) is 11.6 Å². The summed E-state index contributed by atoms with van der Waals surface area (Å²) >= 11 is 0. The van der Waals surface area contributed by atoms with Gasteiger partial charge in [0.25, 0.3) is 5.69 Å². The van der Waals surface area contributed by atoms with Crippen molar-refractivity contribution >= 4 is 11.7 Å². The lowest BCUT2D eigenvalue weighted by Crippen LogP contribution is -2.10. The Morgan fingerprint density at radius 3 is 2.72 bits per heavy atom. The minimum absolute atomic E-state index is 0.0403. The third kappa shape index (κ3) is 2.61. The van der Waals surface area contributed by atoms with Crippen molar-refractivity contribution in [2.24, 2.45) is 0 Å². The quantitative estimate of drug-likeness (QED) is 0.486. The molecule has 0 atom stereocenters. The fourth-order valence-corrected chi connectivity index (χ4v) is 1.40. The summed E-state index contributed by atoms with van der Waals surface area (Å²) in [6.45, 7) is 1.18. The molecule has 18 heavy (non-hydrogen) atoms. The maximum atomic E-state index is 11.6. The van der Waals surface area contributed by atoms with Crippen LogP contribution in [0.25, 0.3) is 0 Å². The maximum absolute atomic E-state index is 11.6. The zero-order valence-corrected chi connectivity index (χ0v) is 9.54. The number of nitro groups is 1. The van der Waals surface area contributed by atoms with Crippen molar-refractivity contribution in [3.63, 3.8) is 0 Å². The molecule has 0 aromatic heterocycles. The van der Waals surface area contributed by atoms with Gasteiger partial charge in [0, 0.05) is 6.07 Å². The number of aliphatic hydroxyl groups excluding tert-OH is 1. The lowest BCUT2D eigenvalue weighted by molar-refractivity contribution is -0.385. The van der Waals surface area contributed by atoms with Crippen molar-refractivity contribution < 1.29 is 19.6 Å². The molecule has 0 heterocycles. The van der Waals surface area contributed by atoms with Crippen LogP contribution >= 0.6 is 0 Å². The molecule has 0 amide bonds. The number of esters is 1. The zero-order valence-electron chi connectivity index (χ0n) is 9.54. The summed E-state index contributed by atoms with van der Waals surface area (Å²) in [5, 5.41) is 28.6. The molecule has 1 aromatic carbocycles. The predicted octanol–water partition coefficient (Wildman–Crippen LogP) is 1.14. The Kier molecular flexibility index (Phi) is 4.34. The van der Waals surface area contributed by atoms with Gasteiger partial charge >= 0.3 is 5.97 Å². The minimum Gasteiger partial charge on any atom is -0.462 e. The second-order valence-corrected chi connectivity index (χ2v) is 3.27. The van der Waals surface area contributed by atoms with E-state index in [1.54, 1.807) is 13.0 Å². The molecule has 1 rings (SSSR count). The normalized spacial score (nSPS) is 9.61. The van der Waals surface area contributed by atoms with Gasteiger partial charge in [0.05, 0.1) is 23.7 Å². The number of aliphatic hydroxyl groups is 1. The Labute approximate surface area is 102 Å². The molecule has 0 saturated heterocycles. The van der Waals surface area contributed by atoms with Gasteiger partial charge in [-0.1, -0.05) is 0 Å². The van der Waals surface area contributed by atoms with Gasteiger partial charge in [-0.25, -0.2) is 4.79 Å². The second kappa shape index (κ2) is 5.75. The molecule has 0 bridgehead atoms. The van der Waals surface area contributed by atoms with Gasteiger partial charge in [-0.3, -0.25) is 10.1 Å². The van der Waals surface area contributed by atoms with E-state index in [9.17, 15) is 14.9 Å². The van der Waals surface area contributed by atoms with E-state index in [1.165, 1.54) is 0 Å². The zero-order chi connectivity index (χ0) is 13.7. The molecular formula is C11H10N2O5. The highest BCUT2D eigenvalue weighted by molar-refractivity contribution is 5.92. The first-order chi connectivity index (χ1) is 8.54. The van der Waals surface area contributed by atoms with Crippen LogP contribution in [0.15, 0.2) is 12.1 Å². The monoisotopic (exact) mass is 250 g/mol. The molecule has 0 aliphatic heterocycles. The van der Waals surface area contributed by atoms with Crippen LogP contribution in [0.4, 0.5) is 5.69 Å². The van der Waals surface area contributed by atoms with Gasteiger partial charge in [0.2, 0.25) is 0 Å². The number of nitro benzene ring substituents is 1. The number of hydrogen-bond acceptors (Lipinski definition) is 6. The van der Waals surface area contributed by atoms with Crippen LogP contribution in [0.3, 0.4) is 0 Å². The number of rotatable bonds is 4. The molecule has 0 radical (unpaired) electrons. The van der Waals surface area contributed by atoms with Gasteiger partial charge in [-0.2, -0.15) is 5.26 Å². The van der Waals surface area contributed by atoms with E-state index in [0.29, 0.717) is 0 Å². The highest BCUT2D eigenvalue weighted by Gasteiger charge is 2.21. The highest BCUT2D eigenvalue weighted by atomic mass is 16.6. The second-order valence-electron chi connectivity index (χ2n) is 3.27. The number of nitrogens with zero attached hydrogens (tertiary/aromatic N) is 2. The van der Waals surface area contributed by atoms with Crippen LogP contribution in [-0.4, -0.2) is 22.6 Å². The third-order valence-electron chi connectivity index (χ3n) is 2.20. The van der Waals surface area contributed by atoms with E-state index >= 15 is 0 Å². The summed E-state index contributed by atoms with van der Waals surface area (Å²) in [6, 6.07) is 3.70. The average Bonchev–Trinajstić information content (AvgIpc) is 2.37. The van der Waals surface area contributed by atoms with Gasteiger partial charge in [0.15, 0.2) is 0 Å². The summed E-state index contributed by atoms with van der Waals surface area (Å²) in [6.07, 6.45) is 0. The molecule has 0 aliphatic carbocycles. The summed E-state index contributed by atoms with van der Waals surface area (Å²) in [7, 11) is 0. The number of benzene rings is 1. The van der Waals surface area contributed by atoms with Gasteiger partial charge < -0.3 is 9.84 Å². The Morgan fingerprint density at radius 2 is 2.28 bits per heavy atom. The Morgan fingerprint density at radius 1 is 1.61 bits per heavy atom. The molecule has 7 nitrogen and oxygen atoms in total. The molecule has 0 unspecified atom stereocenters. The van der Waals surface area contributed by atoms with Crippen molar-refractivity contribution in [2.75, 3.05) is 6.61 Å². The van der Waals surface area contributed by atoms with Crippen LogP contribution in [0.2, 0.25) is 0 Å². The molecule has 7 heteroatoms. The van der Waals surface area contributed by atoms with Crippen molar-refractivity contribution in [1.82, 2.24) is 0 Å². The first-order valence-corrected chi connectivity index (χ1v) is 5.04. The number of ether oxygens (including phenoxy) is 1. The molecule has 0 saturated carbocycles. The average molecular weight is 250 g/mol. The van der Waals surface area contributed by atoms with E-state index in [-0.39, 0.29) is 23.3 Å². The summed E-state index contributed by atoms with van der Waals surface area (Å²) in [5.41, 5.74) is -0.685. The van der Waals surface area contributed by atoms with E-state index in [0.717, 1.165) is 12.1 Å². The van der Waals surface area contributed by atoms with Gasteiger partial charge in [-0.05, 0) is 18.6 Å². The summed E-state index contributed by atoms with van der Waals surface area (Å²) < 4.78 is 4.74. The van der Waals surface area contributed by atoms with Crippen molar-refractivity contribution in [2.45, 2.75) is 13.5 Å². The lowest BCUT2D eigenvalue weighted by Gasteiger charge is -2.07. The number of carbonyl (C=O) groups is 1. The highest BCUT2D eigenvalue weighted by Crippen LogP contribution is 2.24. The topological polar surface area (TPSA) is 113 Å². The van der Waals surface area contributed by atoms with Crippen LogP contribution in [-0.2, 0) is 11.3 Å². The minimum atomic E-state index is -0.743. The van der Waals surface area contributed by atoms with E-state index < -0.39 is 23.2 Å². The molecule has 1 N–H and O–H groups in total. The summed E-state index contributed by atoms with van der Waals surface area (Å²) in [5.74, 6) is -0.729. The van der Waals surface area contributed by atoms with Crippen LogP contribution in [0, 0.1) is 21.4 Å². The first kappa shape index (κ1) is 13.6. The summed E-state index contributed by atoms with van der Waals surface area (Å²) in [4.78, 5) is 21.5. The van der Waals surface area contributed by atoms with Crippen LogP contribution in [0.1, 0.15) is 28.4 Å².